The van der Waals surface area contributed by atoms with Crippen LogP contribution in [0.1, 0.15) is 37.9 Å². The molecule has 1 atom stereocenters. The van der Waals surface area contributed by atoms with Crippen LogP contribution in [0, 0.1) is 10.1 Å². The van der Waals surface area contributed by atoms with Crippen LogP contribution in [0.25, 0.3) is 6.08 Å². The molecular formula is C28H26ClN3O9S. The minimum absolute atomic E-state index is 0.0302. The smallest absolute Gasteiger partial charge is 0.343 e. The molecule has 14 heteroatoms. The Bertz CT molecular complexity index is 1780. The zero-order valence-corrected chi connectivity index (χ0v) is 24.6. The van der Waals surface area contributed by atoms with Crippen LogP contribution >= 0.6 is 22.9 Å². The zero-order chi connectivity index (χ0) is 30.6. The highest BCUT2D eigenvalue weighted by molar-refractivity contribution is 7.07. The number of rotatable bonds is 10. The number of thiazole rings is 1. The van der Waals surface area contributed by atoms with Gasteiger partial charge in [0.15, 0.2) is 22.9 Å². The normalized spacial score (nSPS) is 14.6. The van der Waals surface area contributed by atoms with Crippen LogP contribution in [-0.2, 0) is 19.1 Å². The average molecular weight is 616 g/mol. The third kappa shape index (κ3) is 6.21. The van der Waals surface area contributed by atoms with E-state index in [4.69, 9.17) is 25.8 Å². The van der Waals surface area contributed by atoms with Gasteiger partial charge in [0.05, 0.1) is 47.1 Å². The van der Waals surface area contributed by atoms with Crippen LogP contribution in [-0.4, -0.2) is 48.4 Å². The summed E-state index contributed by atoms with van der Waals surface area (Å²) in [5.74, 6) is -0.674. The van der Waals surface area contributed by atoms with E-state index in [1.807, 2.05) is 0 Å². The number of hydrogen-bond acceptors (Lipinski definition) is 11. The van der Waals surface area contributed by atoms with Crippen molar-refractivity contribution in [2.45, 2.75) is 26.8 Å². The van der Waals surface area contributed by atoms with Gasteiger partial charge in [-0.05, 0) is 56.2 Å². The lowest BCUT2D eigenvalue weighted by molar-refractivity contribution is -0.384. The van der Waals surface area contributed by atoms with Crippen LogP contribution in [0.5, 0.6) is 11.5 Å². The fourth-order valence-electron chi connectivity index (χ4n) is 4.30. The molecule has 0 unspecified atom stereocenters. The summed E-state index contributed by atoms with van der Waals surface area (Å²) in [4.78, 5) is 54.3. The minimum Gasteiger partial charge on any atom is -0.490 e. The molecule has 0 aliphatic carbocycles. The van der Waals surface area contributed by atoms with Crippen LogP contribution in [0.2, 0.25) is 5.02 Å². The number of benzene rings is 2. The van der Waals surface area contributed by atoms with Gasteiger partial charge in [0.25, 0.3) is 11.2 Å². The minimum atomic E-state index is -0.948. The summed E-state index contributed by atoms with van der Waals surface area (Å²) >= 11 is 7.01. The number of aromatic nitrogens is 1. The predicted molar refractivity (Wildman–Crippen MR) is 154 cm³/mol. The summed E-state index contributed by atoms with van der Waals surface area (Å²) < 4.78 is 22.9. The molecule has 3 aromatic rings. The number of nitro groups is 1. The van der Waals surface area contributed by atoms with Crippen molar-refractivity contribution in [1.29, 1.82) is 0 Å². The lowest BCUT2D eigenvalue weighted by Gasteiger charge is -2.25. The van der Waals surface area contributed by atoms with Crippen LogP contribution in [0.3, 0.4) is 0 Å². The maximum atomic E-state index is 13.8. The van der Waals surface area contributed by atoms with E-state index >= 15 is 0 Å². The van der Waals surface area contributed by atoms with Crippen molar-refractivity contribution >= 4 is 46.6 Å². The fraction of sp³-hybridized carbons (Fsp3) is 0.286. The van der Waals surface area contributed by atoms with E-state index in [0.717, 1.165) is 11.3 Å². The van der Waals surface area contributed by atoms with E-state index < -0.39 is 28.5 Å². The van der Waals surface area contributed by atoms with Gasteiger partial charge in [0, 0.05) is 6.07 Å². The first kappa shape index (κ1) is 30.5. The van der Waals surface area contributed by atoms with Gasteiger partial charge in [-0.3, -0.25) is 19.5 Å². The molecule has 220 valence electrons. The summed E-state index contributed by atoms with van der Waals surface area (Å²) in [5, 5.41) is 11.3. The molecule has 0 saturated carbocycles. The molecule has 0 fully saturated rings. The Balaban J connectivity index is 1.91. The van der Waals surface area contributed by atoms with Crippen molar-refractivity contribution in [3.8, 4) is 11.5 Å². The summed E-state index contributed by atoms with van der Waals surface area (Å²) in [5.41, 5.74) is 0.631. The molecule has 1 aliphatic heterocycles. The second-order valence-electron chi connectivity index (χ2n) is 8.77. The molecule has 4 rings (SSSR count). The van der Waals surface area contributed by atoms with Gasteiger partial charge in [0.2, 0.25) is 0 Å². The van der Waals surface area contributed by atoms with E-state index in [9.17, 15) is 24.5 Å². The second kappa shape index (κ2) is 13.0. The Kier molecular flexibility index (Phi) is 9.43. The quantitative estimate of drug-likeness (QED) is 0.190. The van der Waals surface area contributed by atoms with Gasteiger partial charge >= 0.3 is 11.9 Å². The molecule has 0 saturated heterocycles. The molecule has 0 N–H and O–H groups in total. The number of esters is 2. The number of carbonyl (C=O) groups is 2. The maximum absolute atomic E-state index is 13.8. The molecular weight excluding hydrogens is 590 g/mol. The van der Waals surface area contributed by atoms with E-state index in [1.54, 1.807) is 45.0 Å². The molecule has 42 heavy (non-hydrogen) atoms. The number of halogens is 1. The van der Waals surface area contributed by atoms with Crippen molar-refractivity contribution in [1.82, 2.24) is 4.57 Å². The van der Waals surface area contributed by atoms with E-state index in [0.29, 0.717) is 21.6 Å². The number of ether oxygens (including phenoxy) is 4. The lowest BCUT2D eigenvalue weighted by atomic mass is 9.95. The third-order valence-electron chi connectivity index (χ3n) is 6.14. The predicted octanol–water partition coefficient (Wildman–Crippen LogP) is 3.31. The van der Waals surface area contributed by atoms with Crippen molar-refractivity contribution < 1.29 is 33.5 Å². The first-order chi connectivity index (χ1) is 20.1. The molecule has 0 radical (unpaired) electrons. The molecule has 1 aromatic heterocycles. The summed E-state index contributed by atoms with van der Waals surface area (Å²) in [6.07, 6.45) is 1.50. The molecule has 12 nitrogen and oxygen atoms in total. The first-order valence-electron chi connectivity index (χ1n) is 12.7. The molecule has 0 amide bonds. The monoisotopic (exact) mass is 615 g/mol. The summed E-state index contributed by atoms with van der Waals surface area (Å²) in [6, 6.07) is 8.11. The molecule has 2 aromatic carbocycles. The van der Waals surface area contributed by atoms with E-state index in [1.165, 1.54) is 29.9 Å². The van der Waals surface area contributed by atoms with Crippen LogP contribution in [0.4, 0.5) is 5.69 Å². The Hall–Kier alpha value is -4.49. The van der Waals surface area contributed by atoms with Crippen molar-refractivity contribution in [2.24, 2.45) is 4.99 Å². The summed E-state index contributed by atoms with van der Waals surface area (Å²) in [7, 11) is 1.24. The Morgan fingerprint density at radius 1 is 1.14 bits per heavy atom. The highest BCUT2D eigenvalue weighted by atomic mass is 35.5. The van der Waals surface area contributed by atoms with Gasteiger partial charge in [-0.1, -0.05) is 35.1 Å². The van der Waals surface area contributed by atoms with Gasteiger partial charge in [-0.2, -0.15) is 0 Å². The maximum Gasteiger partial charge on any atom is 0.343 e. The number of methoxy groups -OCH3 is 1. The Labute approximate surface area is 248 Å². The first-order valence-corrected chi connectivity index (χ1v) is 13.9. The van der Waals surface area contributed by atoms with Gasteiger partial charge in [-0.15, -0.1) is 0 Å². The van der Waals surface area contributed by atoms with E-state index in [2.05, 4.69) is 9.73 Å². The van der Waals surface area contributed by atoms with Gasteiger partial charge < -0.3 is 18.9 Å². The van der Waals surface area contributed by atoms with Crippen molar-refractivity contribution in [3.05, 3.63) is 93.6 Å². The van der Waals surface area contributed by atoms with Gasteiger partial charge in [-0.25, -0.2) is 14.6 Å². The lowest BCUT2D eigenvalue weighted by Crippen LogP contribution is -2.40. The van der Waals surface area contributed by atoms with Crippen LogP contribution in [0.15, 0.2) is 57.5 Å². The number of fused-ring (bicyclic) bond motifs is 1. The third-order valence-corrected chi connectivity index (χ3v) is 7.44. The zero-order valence-electron chi connectivity index (χ0n) is 23.0. The number of allylic oxidation sites excluding steroid dienone is 1. The molecule has 1 aliphatic rings. The van der Waals surface area contributed by atoms with Crippen LogP contribution < -0.4 is 24.4 Å². The second-order valence-corrected chi connectivity index (χ2v) is 10.2. The largest absolute Gasteiger partial charge is 0.490 e. The number of nitro benzene ring substituents is 1. The molecule has 0 spiro atoms. The fourth-order valence-corrected chi connectivity index (χ4v) is 5.53. The number of hydrogen-bond donors (Lipinski definition) is 0. The Morgan fingerprint density at radius 2 is 1.90 bits per heavy atom. The molecule has 2 heterocycles. The molecule has 0 bridgehead atoms. The van der Waals surface area contributed by atoms with Crippen molar-refractivity contribution in [2.75, 3.05) is 26.9 Å². The summed E-state index contributed by atoms with van der Waals surface area (Å²) in [6.45, 7) is 5.12. The Morgan fingerprint density at radius 3 is 2.57 bits per heavy atom. The average Bonchev–Trinajstić information content (AvgIpc) is 3.26. The highest BCUT2D eigenvalue weighted by Gasteiger charge is 2.34. The van der Waals surface area contributed by atoms with Gasteiger partial charge in [0.1, 0.15) is 5.02 Å². The van der Waals surface area contributed by atoms with Crippen molar-refractivity contribution in [3.63, 3.8) is 0 Å². The highest BCUT2D eigenvalue weighted by Crippen LogP contribution is 2.36. The standard InChI is InChI=1S/C28H26ClN3O9S/c1-5-39-21-13-17(8-10-20(21)41-14-23(33)38-4)25-24(27(35)40-6-2)15(3)30-28-31(25)26(34)22(42-28)12-16-7-9-18(29)19(11-16)32(36)37/h7-13,25H,5-6,14H2,1-4H3/b22-12-/t25-/m1/s1. The van der Waals surface area contributed by atoms with E-state index in [-0.39, 0.29) is 52.1 Å². The SMILES string of the molecule is CCOC(=O)C1=C(C)N=c2s/c(=C\c3ccc(Cl)c([N+](=O)[O-])c3)c(=O)n2[C@@H]1c1ccc(OCC(=O)OC)c(OCC)c1. The topological polar surface area (TPSA) is 149 Å². The number of carbonyl (C=O) groups excluding carboxylic acids is 2. The number of nitrogens with zero attached hydrogens (tertiary/aromatic N) is 3.